The number of carbonyl (C=O) groups is 1. The van der Waals surface area contributed by atoms with Crippen LogP contribution in [0.4, 0.5) is 10.1 Å². The number of ether oxygens (including phenoxy) is 1. The van der Waals surface area contributed by atoms with Gasteiger partial charge >= 0.3 is 0 Å². The van der Waals surface area contributed by atoms with E-state index >= 15 is 0 Å². The van der Waals surface area contributed by atoms with Crippen LogP contribution in [0, 0.1) is 5.82 Å². The number of nitrogens with zero attached hydrogens (tertiary/aromatic N) is 2. The van der Waals surface area contributed by atoms with Crippen molar-refractivity contribution in [1.29, 1.82) is 0 Å². The van der Waals surface area contributed by atoms with Crippen LogP contribution in [0.2, 0.25) is 0 Å². The second-order valence-corrected chi connectivity index (χ2v) is 5.30. The highest BCUT2D eigenvalue weighted by atomic mass is 19.1. The second-order valence-electron chi connectivity index (χ2n) is 5.30. The number of aryl methyl sites for hydroxylation is 1. The number of aromatic nitrogens is 2. The van der Waals surface area contributed by atoms with Crippen molar-refractivity contribution in [3.8, 4) is 17.1 Å². The van der Waals surface area contributed by atoms with E-state index in [-0.39, 0.29) is 12.3 Å². The third kappa shape index (κ3) is 4.41. The first-order chi connectivity index (χ1) is 12.1. The normalized spacial score (nSPS) is 10.5. The first kappa shape index (κ1) is 16.6. The molecule has 1 amide bonds. The Kier molecular flexibility index (Phi) is 5.03. The highest BCUT2D eigenvalue weighted by molar-refractivity contribution is 5.90. The maximum Gasteiger partial charge on any atom is 0.227 e. The summed E-state index contributed by atoms with van der Waals surface area (Å²) in [7, 11) is 1.59. The molecule has 0 atom stereocenters. The van der Waals surface area contributed by atoms with Gasteiger partial charge in [-0.05, 0) is 42.5 Å². The van der Waals surface area contributed by atoms with Crippen molar-refractivity contribution in [2.45, 2.75) is 12.8 Å². The van der Waals surface area contributed by atoms with Crippen LogP contribution in [-0.2, 0) is 11.2 Å². The molecule has 0 aliphatic heterocycles. The first-order valence-corrected chi connectivity index (χ1v) is 7.66. The Balaban J connectivity index is 1.56. The fourth-order valence-corrected chi connectivity index (χ4v) is 2.22. The van der Waals surface area contributed by atoms with Crippen LogP contribution < -0.4 is 10.1 Å². The van der Waals surface area contributed by atoms with Crippen LogP contribution in [0.15, 0.2) is 53.1 Å². The number of carbonyl (C=O) groups excluding carboxylic acids is 1. The molecule has 7 heteroatoms. The minimum Gasteiger partial charge on any atom is -0.497 e. The van der Waals surface area contributed by atoms with Gasteiger partial charge in [0.2, 0.25) is 17.6 Å². The molecule has 25 heavy (non-hydrogen) atoms. The number of halogens is 1. The molecular weight excluding hydrogens is 325 g/mol. The number of rotatable bonds is 6. The highest BCUT2D eigenvalue weighted by Gasteiger charge is 2.11. The largest absolute Gasteiger partial charge is 0.497 e. The molecule has 3 aromatic rings. The van der Waals surface area contributed by atoms with Crippen LogP contribution in [0.25, 0.3) is 11.4 Å². The molecule has 1 heterocycles. The van der Waals surface area contributed by atoms with E-state index in [1.807, 2.05) is 12.1 Å². The molecular formula is C18H16FN3O3. The Morgan fingerprint density at radius 3 is 2.76 bits per heavy atom. The molecule has 0 aliphatic rings. The number of methoxy groups -OCH3 is 1. The van der Waals surface area contributed by atoms with Crippen LogP contribution in [-0.4, -0.2) is 23.2 Å². The Hall–Kier alpha value is -3.22. The van der Waals surface area contributed by atoms with Crippen molar-refractivity contribution in [1.82, 2.24) is 10.1 Å². The molecule has 0 bridgehead atoms. The summed E-state index contributed by atoms with van der Waals surface area (Å²) in [5.74, 6) is 0.888. The van der Waals surface area contributed by atoms with Crippen molar-refractivity contribution in [3.05, 3.63) is 60.2 Å². The lowest BCUT2D eigenvalue weighted by Crippen LogP contribution is -2.12. The highest BCUT2D eigenvalue weighted by Crippen LogP contribution is 2.20. The fourth-order valence-electron chi connectivity index (χ4n) is 2.22. The predicted octanol–water partition coefficient (Wildman–Crippen LogP) is 3.46. The Labute approximate surface area is 143 Å². The molecule has 3 rings (SSSR count). The summed E-state index contributed by atoms with van der Waals surface area (Å²) in [4.78, 5) is 16.2. The van der Waals surface area contributed by atoms with E-state index in [2.05, 4.69) is 15.5 Å². The van der Waals surface area contributed by atoms with Crippen LogP contribution >= 0.6 is 0 Å². The lowest BCUT2D eigenvalue weighted by Gasteiger charge is -2.03. The summed E-state index contributed by atoms with van der Waals surface area (Å²) in [5.41, 5.74) is 1.20. The van der Waals surface area contributed by atoms with E-state index in [1.54, 1.807) is 25.3 Å². The van der Waals surface area contributed by atoms with Gasteiger partial charge in [-0.1, -0.05) is 11.2 Å². The van der Waals surface area contributed by atoms with Gasteiger partial charge in [0.15, 0.2) is 0 Å². The van der Waals surface area contributed by atoms with Gasteiger partial charge in [0, 0.05) is 24.1 Å². The van der Waals surface area contributed by atoms with Gasteiger partial charge < -0.3 is 14.6 Å². The predicted molar refractivity (Wildman–Crippen MR) is 89.6 cm³/mol. The maximum absolute atomic E-state index is 13.1. The van der Waals surface area contributed by atoms with Crippen LogP contribution in [0.5, 0.6) is 5.75 Å². The van der Waals surface area contributed by atoms with E-state index in [1.165, 1.54) is 18.2 Å². The number of anilines is 1. The zero-order valence-electron chi connectivity index (χ0n) is 13.5. The van der Waals surface area contributed by atoms with Crippen molar-refractivity contribution in [3.63, 3.8) is 0 Å². The fraction of sp³-hybridized carbons (Fsp3) is 0.167. The Bertz CT molecular complexity index is 862. The van der Waals surface area contributed by atoms with Crippen LogP contribution in [0.3, 0.4) is 0 Å². The van der Waals surface area contributed by atoms with Gasteiger partial charge in [-0.25, -0.2) is 4.39 Å². The average Bonchev–Trinajstić information content (AvgIpc) is 3.09. The number of hydrogen-bond acceptors (Lipinski definition) is 5. The Morgan fingerprint density at radius 1 is 1.24 bits per heavy atom. The standard InChI is InChI=1S/C18H16FN3O3/c1-24-15-7-5-12(6-8-15)18-21-17(25-22-18)10-9-16(23)20-14-4-2-3-13(19)11-14/h2-8,11H,9-10H2,1H3,(H,20,23). The van der Waals surface area contributed by atoms with Crippen molar-refractivity contribution in [2.75, 3.05) is 12.4 Å². The molecule has 0 aliphatic carbocycles. The minimum atomic E-state index is -0.404. The first-order valence-electron chi connectivity index (χ1n) is 7.66. The smallest absolute Gasteiger partial charge is 0.227 e. The molecule has 0 unspecified atom stereocenters. The lowest BCUT2D eigenvalue weighted by molar-refractivity contribution is -0.116. The van der Waals surface area contributed by atoms with E-state index < -0.39 is 5.82 Å². The number of benzene rings is 2. The average molecular weight is 341 g/mol. The zero-order valence-corrected chi connectivity index (χ0v) is 13.5. The second kappa shape index (κ2) is 7.57. The molecule has 128 valence electrons. The van der Waals surface area contributed by atoms with Gasteiger partial charge in [-0.2, -0.15) is 4.98 Å². The van der Waals surface area contributed by atoms with Crippen LogP contribution in [0.1, 0.15) is 12.3 Å². The maximum atomic E-state index is 13.1. The summed E-state index contributed by atoms with van der Waals surface area (Å²) in [6.45, 7) is 0. The summed E-state index contributed by atoms with van der Waals surface area (Å²) >= 11 is 0. The molecule has 1 aromatic heterocycles. The lowest BCUT2D eigenvalue weighted by atomic mass is 10.2. The van der Waals surface area contributed by atoms with E-state index in [4.69, 9.17) is 9.26 Å². The summed E-state index contributed by atoms with van der Waals surface area (Å²) in [5, 5.41) is 6.53. The minimum absolute atomic E-state index is 0.154. The molecule has 0 saturated carbocycles. The number of nitrogens with one attached hydrogen (secondary N) is 1. The number of amides is 1. The molecule has 6 nitrogen and oxygen atoms in total. The molecule has 0 radical (unpaired) electrons. The van der Waals surface area contributed by atoms with Gasteiger partial charge in [0.25, 0.3) is 0 Å². The van der Waals surface area contributed by atoms with Crippen molar-refractivity contribution < 1.29 is 18.4 Å². The van der Waals surface area contributed by atoms with E-state index in [0.29, 0.717) is 23.8 Å². The van der Waals surface area contributed by atoms with E-state index in [0.717, 1.165) is 11.3 Å². The number of hydrogen-bond donors (Lipinski definition) is 1. The van der Waals surface area contributed by atoms with Gasteiger partial charge in [-0.3, -0.25) is 4.79 Å². The molecule has 1 N–H and O–H groups in total. The molecule has 0 saturated heterocycles. The molecule has 0 fully saturated rings. The summed E-state index contributed by atoms with van der Waals surface area (Å²) in [6.07, 6.45) is 0.449. The quantitative estimate of drug-likeness (QED) is 0.743. The van der Waals surface area contributed by atoms with Gasteiger partial charge in [0.05, 0.1) is 7.11 Å². The molecule has 0 spiro atoms. The zero-order chi connectivity index (χ0) is 17.6. The SMILES string of the molecule is COc1ccc(-c2noc(CCC(=O)Nc3cccc(F)c3)n2)cc1. The van der Waals surface area contributed by atoms with Gasteiger partial charge in [-0.15, -0.1) is 0 Å². The third-order valence-corrected chi connectivity index (χ3v) is 3.49. The van der Waals surface area contributed by atoms with E-state index in [9.17, 15) is 9.18 Å². The van der Waals surface area contributed by atoms with Crippen molar-refractivity contribution in [2.24, 2.45) is 0 Å². The Morgan fingerprint density at radius 2 is 2.04 bits per heavy atom. The van der Waals surface area contributed by atoms with Crippen molar-refractivity contribution >= 4 is 11.6 Å². The topological polar surface area (TPSA) is 77.2 Å². The summed E-state index contributed by atoms with van der Waals surface area (Å²) < 4.78 is 23.3. The molecule has 2 aromatic carbocycles. The van der Waals surface area contributed by atoms with Gasteiger partial charge in [0.1, 0.15) is 11.6 Å². The summed E-state index contributed by atoms with van der Waals surface area (Å²) in [6, 6.07) is 13.0. The third-order valence-electron chi connectivity index (χ3n) is 3.49. The monoisotopic (exact) mass is 341 g/mol.